The maximum Gasteiger partial charge on any atom is 0.129 e. The van der Waals surface area contributed by atoms with E-state index in [2.05, 4.69) is 12.2 Å². The molecule has 0 saturated carbocycles. The van der Waals surface area contributed by atoms with Crippen molar-refractivity contribution in [2.75, 3.05) is 26.3 Å². The van der Waals surface area contributed by atoms with Gasteiger partial charge in [-0.1, -0.05) is 0 Å². The molecule has 0 amide bonds. The highest BCUT2D eigenvalue weighted by molar-refractivity contribution is 4.96. The van der Waals surface area contributed by atoms with E-state index in [-0.39, 0.29) is 5.60 Å². The zero-order valence-electron chi connectivity index (χ0n) is 11.4. The van der Waals surface area contributed by atoms with Gasteiger partial charge in [-0.05, 0) is 31.9 Å². The van der Waals surface area contributed by atoms with E-state index in [1.54, 1.807) is 6.26 Å². The van der Waals surface area contributed by atoms with Gasteiger partial charge in [0.1, 0.15) is 12.4 Å². The van der Waals surface area contributed by atoms with E-state index in [4.69, 9.17) is 13.9 Å². The summed E-state index contributed by atoms with van der Waals surface area (Å²) >= 11 is 0. The van der Waals surface area contributed by atoms with Crippen molar-refractivity contribution in [2.24, 2.45) is 0 Å². The van der Waals surface area contributed by atoms with Crippen LogP contribution in [0.4, 0.5) is 0 Å². The van der Waals surface area contributed by atoms with Crippen LogP contribution in [-0.2, 0) is 16.1 Å². The number of aliphatic hydroxyl groups is 1. The van der Waals surface area contributed by atoms with Crippen LogP contribution in [0.1, 0.15) is 25.5 Å². The molecule has 19 heavy (non-hydrogen) atoms. The first-order valence-electron chi connectivity index (χ1n) is 6.81. The molecule has 1 fully saturated rings. The highest BCUT2D eigenvalue weighted by Gasteiger charge is 2.29. The molecule has 0 spiro atoms. The van der Waals surface area contributed by atoms with Crippen molar-refractivity contribution >= 4 is 0 Å². The summed E-state index contributed by atoms with van der Waals surface area (Å²) < 4.78 is 16.2. The summed E-state index contributed by atoms with van der Waals surface area (Å²) in [6.45, 7) is 4.91. The molecule has 0 aromatic carbocycles. The Labute approximate surface area is 113 Å². The quantitative estimate of drug-likeness (QED) is 0.745. The molecule has 2 heterocycles. The molecule has 2 atom stereocenters. The SMILES string of the molecule is CC1(CNCC(O)COCc2ccco2)CCCO1. The Morgan fingerprint density at radius 2 is 2.47 bits per heavy atom. The van der Waals surface area contributed by atoms with E-state index >= 15 is 0 Å². The molecule has 1 aromatic rings. The fourth-order valence-electron chi connectivity index (χ4n) is 2.23. The van der Waals surface area contributed by atoms with E-state index in [1.807, 2.05) is 12.1 Å². The standard InChI is InChI=1S/C14H23NO4/c1-14(5-3-7-19-14)11-15-8-12(16)9-17-10-13-4-2-6-18-13/h2,4,6,12,15-16H,3,5,7-11H2,1H3. The van der Waals surface area contributed by atoms with Crippen molar-refractivity contribution in [3.63, 3.8) is 0 Å². The topological polar surface area (TPSA) is 63.9 Å². The monoisotopic (exact) mass is 269 g/mol. The third-order valence-corrected chi connectivity index (χ3v) is 3.31. The Bertz CT molecular complexity index is 346. The summed E-state index contributed by atoms with van der Waals surface area (Å²) in [4.78, 5) is 0. The predicted molar refractivity (Wildman–Crippen MR) is 70.8 cm³/mol. The predicted octanol–water partition coefficient (Wildman–Crippen LogP) is 1.32. The first-order chi connectivity index (χ1) is 9.18. The molecule has 2 N–H and O–H groups in total. The molecule has 0 bridgehead atoms. The smallest absolute Gasteiger partial charge is 0.129 e. The molecule has 0 aliphatic carbocycles. The van der Waals surface area contributed by atoms with Gasteiger partial charge in [-0.25, -0.2) is 0 Å². The van der Waals surface area contributed by atoms with Gasteiger partial charge in [-0.3, -0.25) is 0 Å². The lowest BCUT2D eigenvalue weighted by Gasteiger charge is -2.24. The first-order valence-corrected chi connectivity index (χ1v) is 6.81. The molecule has 1 aliphatic heterocycles. The van der Waals surface area contributed by atoms with Gasteiger partial charge in [-0.15, -0.1) is 0 Å². The largest absolute Gasteiger partial charge is 0.467 e. The van der Waals surface area contributed by atoms with Gasteiger partial charge in [0.25, 0.3) is 0 Å². The summed E-state index contributed by atoms with van der Waals surface area (Å²) in [5, 5.41) is 13.0. The average Bonchev–Trinajstić information content (AvgIpc) is 3.01. The van der Waals surface area contributed by atoms with E-state index in [9.17, 15) is 5.11 Å². The summed E-state index contributed by atoms with van der Waals surface area (Å²) in [5.41, 5.74) is -0.0747. The first kappa shape index (κ1) is 14.5. The minimum absolute atomic E-state index is 0.0747. The Morgan fingerprint density at radius 3 is 3.16 bits per heavy atom. The molecule has 108 valence electrons. The van der Waals surface area contributed by atoms with Crippen molar-refractivity contribution in [3.05, 3.63) is 24.2 Å². The molecule has 2 unspecified atom stereocenters. The van der Waals surface area contributed by atoms with Gasteiger partial charge < -0.3 is 24.3 Å². The molecule has 1 aliphatic rings. The number of nitrogens with one attached hydrogen (secondary N) is 1. The Balaban J connectivity index is 1.53. The fraction of sp³-hybridized carbons (Fsp3) is 0.714. The number of aliphatic hydroxyl groups excluding tert-OH is 1. The second-order valence-electron chi connectivity index (χ2n) is 5.28. The van der Waals surface area contributed by atoms with Gasteiger partial charge in [0.15, 0.2) is 0 Å². The summed E-state index contributed by atoms with van der Waals surface area (Å²) in [7, 11) is 0. The zero-order chi connectivity index (χ0) is 13.6. The van der Waals surface area contributed by atoms with Crippen LogP contribution in [0, 0.1) is 0 Å². The van der Waals surface area contributed by atoms with Crippen molar-refractivity contribution in [1.82, 2.24) is 5.32 Å². The second-order valence-corrected chi connectivity index (χ2v) is 5.28. The third kappa shape index (κ3) is 4.95. The van der Waals surface area contributed by atoms with Gasteiger partial charge in [0.2, 0.25) is 0 Å². The van der Waals surface area contributed by atoms with E-state index in [1.165, 1.54) is 0 Å². The maximum atomic E-state index is 9.78. The Morgan fingerprint density at radius 1 is 1.58 bits per heavy atom. The van der Waals surface area contributed by atoms with Crippen LogP contribution in [0.5, 0.6) is 0 Å². The molecule has 1 saturated heterocycles. The molecule has 2 rings (SSSR count). The molecular formula is C14H23NO4. The fourth-order valence-corrected chi connectivity index (χ4v) is 2.23. The van der Waals surface area contributed by atoms with Crippen molar-refractivity contribution in [2.45, 2.75) is 38.1 Å². The number of rotatable bonds is 8. The minimum atomic E-state index is -0.514. The summed E-state index contributed by atoms with van der Waals surface area (Å²) in [6, 6.07) is 3.67. The van der Waals surface area contributed by atoms with Crippen molar-refractivity contribution in [1.29, 1.82) is 0 Å². The lowest BCUT2D eigenvalue weighted by Crippen LogP contribution is -2.41. The highest BCUT2D eigenvalue weighted by Crippen LogP contribution is 2.23. The van der Waals surface area contributed by atoms with E-state index < -0.39 is 6.10 Å². The summed E-state index contributed by atoms with van der Waals surface area (Å²) in [6.07, 6.45) is 3.29. The molecule has 0 radical (unpaired) electrons. The number of furan rings is 1. The molecule has 5 nitrogen and oxygen atoms in total. The van der Waals surface area contributed by atoms with Gasteiger partial charge in [0.05, 0.1) is 24.6 Å². The third-order valence-electron chi connectivity index (χ3n) is 3.31. The van der Waals surface area contributed by atoms with Crippen LogP contribution in [0.3, 0.4) is 0 Å². The van der Waals surface area contributed by atoms with Crippen molar-refractivity contribution < 1.29 is 19.0 Å². The van der Waals surface area contributed by atoms with Crippen LogP contribution in [-0.4, -0.2) is 43.1 Å². The molecule has 1 aromatic heterocycles. The van der Waals surface area contributed by atoms with Crippen LogP contribution < -0.4 is 5.32 Å². The number of ether oxygens (including phenoxy) is 2. The number of hydrogen-bond acceptors (Lipinski definition) is 5. The zero-order valence-corrected chi connectivity index (χ0v) is 11.4. The minimum Gasteiger partial charge on any atom is -0.467 e. The Hall–Kier alpha value is -0.880. The van der Waals surface area contributed by atoms with Crippen molar-refractivity contribution in [3.8, 4) is 0 Å². The number of hydrogen-bond donors (Lipinski definition) is 2. The Kier molecular flexibility index (Phi) is 5.39. The van der Waals surface area contributed by atoms with Crippen LogP contribution in [0.2, 0.25) is 0 Å². The lowest BCUT2D eigenvalue weighted by atomic mass is 10.0. The lowest BCUT2D eigenvalue weighted by molar-refractivity contribution is 0.00598. The van der Waals surface area contributed by atoms with Gasteiger partial charge in [0, 0.05) is 19.7 Å². The highest BCUT2D eigenvalue weighted by atomic mass is 16.5. The van der Waals surface area contributed by atoms with E-state index in [0.29, 0.717) is 19.8 Å². The van der Waals surface area contributed by atoms with Crippen LogP contribution in [0.25, 0.3) is 0 Å². The second kappa shape index (κ2) is 7.05. The summed E-state index contributed by atoms with van der Waals surface area (Å²) in [5.74, 6) is 0.770. The van der Waals surface area contributed by atoms with E-state index in [0.717, 1.165) is 31.8 Å². The average molecular weight is 269 g/mol. The molecule has 5 heteroatoms. The normalized spacial score (nSPS) is 24.7. The van der Waals surface area contributed by atoms with Crippen LogP contribution in [0.15, 0.2) is 22.8 Å². The van der Waals surface area contributed by atoms with Gasteiger partial charge in [-0.2, -0.15) is 0 Å². The molecular weight excluding hydrogens is 246 g/mol. The maximum absolute atomic E-state index is 9.78. The van der Waals surface area contributed by atoms with Gasteiger partial charge >= 0.3 is 0 Å². The van der Waals surface area contributed by atoms with Crippen LogP contribution >= 0.6 is 0 Å².